The number of nitrogens with zero attached hydrogens (tertiary/aromatic N) is 1. The van der Waals surface area contributed by atoms with Gasteiger partial charge in [-0.25, -0.2) is 0 Å². The first-order valence-electron chi connectivity index (χ1n) is 16.7. The molecule has 3 heteroatoms. The summed E-state index contributed by atoms with van der Waals surface area (Å²) in [4.78, 5) is 0. The van der Waals surface area contributed by atoms with Gasteiger partial charge in [-0.2, -0.15) is 0 Å². The summed E-state index contributed by atoms with van der Waals surface area (Å²) in [7, 11) is 0. The second-order valence-electron chi connectivity index (χ2n) is 12.8. The maximum Gasteiger partial charge on any atom is 0.178 e. The molecule has 0 aliphatic rings. The molecule has 11 aromatic rings. The van der Waals surface area contributed by atoms with Gasteiger partial charge >= 0.3 is 0 Å². The molecule has 3 nitrogen and oxygen atoms in total. The molecule has 11 rings (SSSR count). The highest BCUT2D eigenvalue weighted by Gasteiger charge is 2.22. The van der Waals surface area contributed by atoms with Gasteiger partial charge in [-0.1, -0.05) is 121 Å². The van der Waals surface area contributed by atoms with Crippen molar-refractivity contribution in [2.45, 2.75) is 0 Å². The van der Waals surface area contributed by atoms with Gasteiger partial charge < -0.3 is 13.4 Å². The molecule has 0 spiro atoms. The van der Waals surface area contributed by atoms with E-state index in [9.17, 15) is 0 Å². The average molecular weight is 626 g/mol. The van der Waals surface area contributed by atoms with Gasteiger partial charge in [0.25, 0.3) is 0 Å². The second kappa shape index (κ2) is 9.96. The highest BCUT2D eigenvalue weighted by atomic mass is 16.4. The van der Waals surface area contributed by atoms with Crippen LogP contribution in [0.15, 0.2) is 173 Å². The Morgan fingerprint density at radius 2 is 0.959 bits per heavy atom. The molecular weight excluding hydrogens is 599 g/mol. The SMILES string of the molecule is c1ccc(-n2c3ccccc3c3ccc(-c4c5ccccc5c(-c5cc6ccc7c8ccccc8oc7c6o5)c5ccccc45)cc32)cc1. The van der Waals surface area contributed by atoms with E-state index in [0.29, 0.717) is 0 Å². The zero-order chi connectivity index (χ0) is 32.1. The standard InChI is InChI=1S/C46H27NO2/c1-2-12-30(13-3-1)47-39-20-10-8-14-31(39)32-24-22-28(26-40(32)47)43-34-16-4-6-18-36(34)44(37-19-7-5-17-35(37)43)42-27-29-23-25-38-33-15-9-11-21-41(33)48-46(38)45(29)49-42/h1-27H. The molecule has 3 aromatic heterocycles. The average Bonchev–Trinajstić information content (AvgIpc) is 3.85. The summed E-state index contributed by atoms with van der Waals surface area (Å²) in [5.74, 6) is 0.835. The molecule has 0 N–H and O–H groups in total. The minimum atomic E-state index is 0.778. The number of hydrogen-bond donors (Lipinski definition) is 0. The van der Waals surface area contributed by atoms with E-state index in [-0.39, 0.29) is 0 Å². The van der Waals surface area contributed by atoms with Crippen molar-refractivity contribution in [2.75, 3.05) is 0 Å². The van der Waals surface area contributed by atoms with Crippen LogP contribution in [0.5, 0.6) is 0 Å². The van der Waals surface area contributed by atoms with Gasteiger partial charge in [0.2, 0.25) is 0 Å². The molecule has 49 heavy (non-hydrogen) atoms. The van der Waals surface area contributed by atoms with Crippen LogP contribution in [0, 0.1) is 0 Å². The molecule has 228 valence electrons. The molecule has 0 aliphatic heterocycles. The van der Waals surface area contributed by atoms with Crippen LogP contribution in [0.4, 0.5) is 0 Å². The molecule has 0 radical (unpaired) electrons. The number of fused-ring (bicyclic) bond motifs is 10. The summed E-state index contributed by atoms with van der Waals surface area (Å²) >= 11 is 0. The normalized spacial score (nSPS) is 12.1. The Morgan fingerprint density at radius 1 is 0.367 bits per heavy atom. The molecule has 0 saturated heterocycles. The lowest BCUT2D eigenvalue weighted by molar-refractivity contribution is 0.612. The summed E-state index contributed by atoms with van der Waals surface area (Å²) in [5, 5.41) is 10.4. The van der Waals surface area contributed by atoms with Crippen LogP contribution < -0.4 is 0 Å². The van der Waals surface area contributed by atoms with Gasteiger partial charge in [-0.3, -0.25) is 0 Å². The monoisotopic (exact) mass is 625 g/mol. The maximum absolute atomic E-state index is 6.82. The number of hydrogen-bond acceptors (Lipinski definition) is 2. The molecule has 0 atom stereocenters. The highest BCUT2D eigenvalue weighted by Crippen LogP contribution is 2.47. The number of rotatable bonds is 3. The largest absolute Gasteiger partial charge is 0.452 e. The quantitative estimate of drug-likeness (QED) is 0.183. The predicted octanol–water partition coefficient (Wildman–Crippen LogP) is 13.1. The van der Waals surface area contributed by atoms with Gasteiger partial charge in [0.15, 0.2) is 11.2 Å². The second-order valence-corrected chi connectivity index (χ2v) is 12.8. The van der Waals surface area contributed by atoms with E-state index in [1.54, 1.807) is 0 Å². The fraction of sp³-hybridized carbons (Fsp3) is 0. The Labute approximate surface area is 280 Å². The van der Waals surface area contributed by atoms with E-state index in [0.717, 1.165) is 60.7 Å². The zero-order valence-corrected chi connectivity index (χ0v) is 26.4. The Bertz CT molecular complexity index is 3050. The van der Waals surface area contributed by atoms with Crippen LogP contribution in [0.1, 0.15) is 0 Å². The van der Waals surface area contributed by atoms with E-state index < -0.39 is 0 Å². The summed E-state index contributed by atoms with van der Waals surface area (Å²) < 4.78 is 15.6. The third-order valence-corrected chi connectivity index (χ3v) is 10.2. The van der Waals surface area contributed by atoms with Crippen LogP contribution in [0.2, 0.25) is 0 Å². The van der Waals surface area contributed by atoms with E-state index in [2.05, 4.69) is 150 Å². The molecule has 0 aliphatic carbocycles. The minimum absolute atomic E-state index is 0.778. The Hall–Kier alpha value is -6.58. The molecule has 0 saturated carbocycles. The number of para-hydroxylation sites is 3. The molecule has 0 unspecified atom stereocenters. The Balaban J connectivity index is 1.20. The van der Waals surface area contributed by atoms with Gasteiger partial charge in [-0.15, -0.1) is 0 Å². The maximum atomic E-state index is 6.82. The van der Waals surface area contributed by atoms with E-state index in [4.69, 9.17) is 8.83 Å². The fourth-order valence-electron chi connectivity index (χ4n) is 8.09. The first-order valence-corrected chi connectivity index (χ1v) is 16.7. The highest BCUT2D eigenvalue weighted by molar-refractivity contribution is 6.23. The lowest BCUT2D eigenvalue weighted by Gasteiger charge is -2.17. The summed E-state index contributed by atoms with van der Waals surface area (Å²) in [5.41, 5.74) is 9.47. The van der Waals surface area contributed by atoms with Crippen molar-refractivity contribution in [2.24, 2.45) is 0 Å². The third kappa shape index (κ3) is 3.73. The summed E-state index contributed by atoms with van der Waals surface area (Å²) in [6, 6.07) is 58.4. The predicted molar refractivity (Wildman–Crippen MR) is 204 cm³/mol. The van der Waals surface area contributed by atoms with E-state index in [1.165, 1.54) is 43.7 Å². The molecule has 0 bridgehead atoms. The summed E-state index contributed by atoms with van der Waals surface area (Å²) in [6.45, 7) is 0. The molecule has 3 heterocycles. The lowest BCUT2D eigenvalue weighted by atomic mass is 9.87. The van der Waals surface area contributed by atoms with Gasteiger partial charge in [-0.05, 0) is 75.1 Å². The number of benzene rings is 8. The van der Waals surface area contributed by atoms with Gasteiger partial charge in [0.1, 0.15) is 11.3 Å². The van der Waals surface area contributed by atoms with Gasteiger partial charge in [0.05, 0.1) is 11.0 Å². The van der Waals surface area contributed by atoms with Crippen molar-refractivity contribution >= 4 is 76.3 Å². The zero-order valence-electron chi connectivity index (χ0n) is 26.4. The van der Waals surface area contributed by atoms with Gasteiger partial charge in [0, 0.05) is 38.2 Å². The van der Waals surface area contributed by atoms with Crippen LogP contribution >= 0.6 is 0 Å². The first kappa shape index (κ1) is 26.5. The lowest BCUT2D eigenvalue weighted by Crippen LogP contribution is -1.94. The Morgan fingerprint density at radius 3 is 1.71 bits per heavy atom. The smallest absolute Gasteiger partial charge is 0.178 e. The van der Waals surface area contributed by atoms with Crippen molar-refractivity contribution in [3.05, 3.63) is 164 Å². The molecular formula is C46H27NO2. The van der Waals surface area contributed by atoms with Crippen LogP contribution in [0.25, 0.3) is 104 Å². The van der Waals surface area contributed by atoms with Crippen LogP contribution in [-0.4, -0.2) is 4.57 Å². The van der Waals surface area contributed by atoms with Crippen molar-refractivity contribution in [3.63, 3.8) is 0 Å². The van der Waals surface area contributed by atoms with Crippen molar-refractivity contribution in [3.8, 4) is 28.1 Å². The van der Waals surface area contributed by atoms with Crippen LogP contribution in [-0.2, 0) is 0 Å². The van der Waals surface area contributed by atoms with E-state index >= 15 is 0 Å². The third-order valence-electron chi connectivity index (χ3n) is 10.2. The number of furan rings is 2. The van der Waals surface area contributed by atoms with Crippen molar-refractivity contribution in [1.82, 2.24) is 4.57 Å². The topological polar surface area (TPSA) is 31.2 Å². The van der Waals surface area contributed by atoms with Crippen molar-refractivity contribution in [1.29, 1.82) is 0 Å². The number of aromatic nitrogens is 1. The van der Waals surface area contributed by atoms with E-state index in [1.807, 2.05) is 18.2 Å². The first-order chi connectivity index (χ1) is 24.3. The fourth-order valence-corrected chi connectivity index (χ4v) is 8.09. The molecule has 0 fully saturated rings. The summed E-state index contributed by atoms with van der Waals surface area (Å²) in [6.07, 6.45) is 0. The van der Waals surface area contributed by atoms with Crippen molar-refractivity contribution < 1.29 is 8.83 Å². The molecule has 8 aromatic carbocycles. The van der Waals surface area contributed by atoms with Crippen LogP contribution in [0.3, 0.4) is 0 Å². The minimum Gasteiger partial charge on any atom is -0.452 e. The molecule has 0 amide bonds. The Kier molecular flexibility index (Phi) is 5.38.